The van der Waals surface area contributed by atoms with Gasteiger partial charge in [0.15, 0.2) is 11.6 Å². The lowest BCUT2D eigenvalue weighted by Gasteiger charge is -2.13. The second-order valence-corrected chi connectivity index (χ2v) is 5.26. The van der Waals surface area contributed by atoms with Crippen molar-refractivity contribution < 1.29 is 13.9 Å². The summed E-state index contributed by atoms with van der Waals surface area (Å²) < 4.78 is 18.4. The zero-order chi connectivity index (χ0) is 15.9. The van der Waals surface area contributed by atoms with Crippen molar-refractivity contribution in [3.8, 4) is 5.75 Å². The van der Waals surface area contributed by atoms with Crippen LogP contribution in [0, 0.1) is 5.82 Å². The van der Waals surface area contributed by atoms with E-state index in [4.69, 9.17) is 4.74 Å². The van der Waals surface area contributed by atoms with Gasteiger partial charge >= 0.3 is 0 Å². The van der Waals surface area contributed by atoms with Crippen molar-refractivity contribution >= 4 is 5.91 Å². The molecule has 2 rings (SSSR count). The molecule has 22 heavy (non-hydrogen) atoms. The van der Waals surface area contributed by atoms with Crippen LogP contribution in [0.15, 0.2) is 48.5 Å². The van der Waals surface area contributed by atoms with Gasteiger partial charge in [0, 0.05) is 6.54 Å². The molecule has 0 heterocycles. The summed E-state index contributed by atoms with van der Waals surface area (Å²) in [5.74, 6) is -0.155. The normalized spacial score (nSPS) is 11.8. The first-order chi connectivity index (χ1) is 10.6. The molecule has 3 nitrogen and oxygen atoms in total. The minimum Gasteiger partial charge on any atom is -0.494 e. The quantitative estimate of drug-likeness (QED) is 0.889. The number of carbonyl (C=O) groups excluding carboxylic acids is 1. The highest BCUT2D eigenvalue weighted by atomic mass is 19.1. The summed E-state index contributed by atoms with van der Waals surface area (Å²) >= 11 is 0. The molecule has 1 N–H and O–H groups in total. The summed E-state index contributed by atoms with van der Waals surface area (Å²) in [6.07, 6.45) is 0.155. The lowest BCUT2D eigenvalue weighted by atomic mass is 10.0. The number of methoxy groups -OCH3 is 1. The van der Waals surface area contributed by atoms with Gasteiger partial charge in [-0.2, -0.15) is 0 Å². The fraction of sp³-hybridized carbons (Fsp3) is 0.278. The minimum absolute atomic E-state index is 0.118. The first kappa shape index (κ1) is 16.0. The third kappa shape index (κ3) is 4.32. The van der Waals surface area contributed by atoms with E-state index in [1.807, 2.05) is 30.3 Å². The SMILES string of the molecule is COc1ccc(CC(=O)NC[C@H](C)c2ccccc2)cc1F. The number of halogens is 1. The van der Waals surface area contributed by atoms with Gasteiger partial charge in [0.05, 0.1) is 13.5 Å². The molecule has 2 aromatic rings. The third-order valence-corrected chi connectivity index (χ3v) is 3.55. The van der Waals surface area contributed by atoms with Gasteiger partial charge in [0.1, 0.15) is 0 Å². The van der Waals surface area contributed by atoms with E-state index in [1.54, 1.807) is 6.07 Å². The highest BCUT2D eigenvalue weighted by Gasteiger charge is 2.10. The van der Waals surface area contributed by atoms with E-state index in [0.717, 1.165) is 0 Å². The zero-order valence-corrected chi connectivity index (χ0v) is 12.8. The van der Waals surface area contributed by atoms with Crippen molar-refractivity contribution in [2.75, 3.05) is 13.7 Å². The van der Waals surface area contributed by atoms with Gasteiger partial charge in [-0.25, -0.2) is 4.39 Å². The van der Waals surface area contributed by atoms with E-state index in [9.17, 15) is 9.18 Å². The topological polar surface area (TPSA) is 38.3 Å². The molecule has 0 fully saturated rings. The van der Waals surface area contributed by atoms with Crippen LogP contribution in [0.25, 0.3) is 0 Å². The molecule has 1 atom stereocenters. The van der Waals surface area contributed by atoms with Crippen molar-refractivity contribution in [1.29, 1.82) is 0 Å². The number of nitrogens with one attached hydrogen (secondary N) is 1. The Balaban J connectivity index is 1.87. The second-order valence-electron chi connectivity index (χ2n) is 5.26. The molecule has 0 saturated carbocycles. The molecule has 116 valence electrons. The van der Waals surface area contributed by atoms with Gasteiger partial charge in [-0.05, 0) is 29.2 Å². The van der Waals surface area contributed by atoms with Crippen LogP contribution in [0.1, 0.15) is 24.0 Å². The van der Waals surface area contributed by atoms with Crippen LogP contribution in [-0.4, -0.2) is 19.6 Å². The van der Waals surface area contributed by atoms with E-state index < -0.39 is 5.82 Å². The van der Waals surface area contributed by atoms with Crippen LogP contribution in [0.3, 0.4) is 0 Å². The Morgan fingerprint density at radius 3 is 2.59 bits per heavy atom. The largest absolute Gasteiger partial charge is 0.494 e. The van der Waals surface area contributed by atoms with E-state index in [1.165, 1.54) is 24.8 Å². The number of ether oxygens (including phenoxy) is 1. The first-order valence-corrected chi connectivity index (χ1v) is 7.24. The van der Waals surface area contributed by atoms with Gasteiger partial charge in [0.2, 0.25) is 5.91 Å². The molecular weight excluding hydrogens is 281 g/mol. The Kier molecular flexibility index (Phi) is 5.53. The Bertz CT molecular complexity index is 628. The molecule has 0 radical (unpaired) electrons. The average molecular weight is 301 g/mol. The van der Waals surface area contributed by atoms with E-state index in [-0.39, 0.29) is 24.0 Å². The number of rotatable bonds is 6. The van der Waals surface area contributed by atoms with Gasteiger partial charge in [-0.15, -0.1) is 0 Å². The molecule has 0 saturated heterocycles. The molecule has 0 aliphatic heterocycles. The van der Waals surface area contributed by atoms with Crippen LogP contribution in [0.4, 0.5) is 4.39 Å². The predicted octanol–water partition coefficient (Wildman–Crippen LogP) is 3.30. The number of amides is 1. The Morgan fingerprint density at radius 1 is 1.23 bits per heavy atom. The van der Waals surface area contributed by atoms with E-state index >= 15 is 0 Å². The lowest BCUT2D eigenvalue weighted by molar-refractivity contribution is -0.120. The van der Waals surface area contributed by atoms with Crippen molar-refractivity contribution in [3.05, 3.63) is 65.5 Å². The van der Waals surface area contributed by atoms with Gasteiger partial charge in [-0.1, -0.05) is 43.3 Å². The molecule has 0 aliphatic rings. The number of carbonyl (C=O) groups is 1. The standard InChI is InChI=1S/C18H20FNO2/c1-13(15-6-4-3-5-7-15)12-20-18(21)11-14-8-9-17(22-2)16(19)10-14/h3-10,13H,11-12H2,1-2H3,(H,20,21)/t13-/m0/s1. The van der Waals surface area contributed by atoms with Crippen molar-refractivity contribution in [3.63, 3.8) is 0 Å². The maximum Gasteiger partial charge on any atom is 0.224 e. The molecule has 2 aromatic carbocycles. The van der Waals surface area contributed by atoms with Gasteiger partial charge < -0.3 is 10.1 Å². The maximum absolute atomic E-state index is 13.6. The average Bonchev–Trinajstić information content (AvgIpc) is 2.53. The fourth-order valence-corrected chi connectivity index (χ4v) is 2.23. The summed E-state index contributed by atoms with van der Waals surface area (Å²) in [4.78, 5) is 11.9. The number of benzene rings is 2. The van der Waals surface area contributed by atoms with Crippen LogP contribution in [-0.2, 0) is 11.2 Å². The molecule has 1 amide bonds. The Morgan fingerprint density at radius 2 is 1.95 bits per heavy atom. The molecule has 0 unspecified atom stereocenters. The molecule has 4 heteroatoms. The second kappa shape index (κ2) is 7.59. The molecule has 0 aliphatic carbocycles. The minimum atomic E-state index is -0.453. The highest BCUT2D eigenvalue weighted by molar-refractivity contribution is 5.78. The summed E-state index contributed by atoms with van der Waals surface area (Å²) in [6.45, 7) is 2.62. The fourth-order valence-electron chi connectivity index (χ4n) is 2.23. The molecular formula is C18H20FNO2. The van der Waals surface area contributed by atoms with Crippen LogP contribution >= 0.6 is 0 Å². The van der Waals surface area contributed by atoms with Gasteiger partial charge in [0.25, 0.3) is 0 Å². The number of hydrogen-bond donors (Lipinski definition) is 1. The van der Waals surface area contributed by atoms with Crippen LogP contribution < -0.4 is 10.1 Å². The highest BCUT2D eigenvalue weighted by Crippen LogP contribution is 2.18. The smallest absolute Gasteiger partial charge is 0.224 e. The predicted molar refractivity (Wildman–Crippen MR) is 84.5 cm³/mol. The van der Waals surface area contributed by atoms with Crippen molar-refractivity contribution in [2.45, 2.75) is 19.3 Å². The van der Waals surface area contributed by atoms with E-state index in [0.29, 0.717) is 12.1 Å². The maximum atomic E-state index is 13.6. The third-order valence-electron chi connectivity index (χ3n) is 3.55. The molecule has 0 aromatic heterocycles. The number of hydrogen-bond acceptors (Lipinski definition) is 2. The zero-order valence-electron chi connectivity index (χ0n) is 12.8. The van der Waals surface area contributed by atoms with Crippen molar-refractivity contribution in [2.24, 2.45) is 0 Å². The van der Waals surface area contributed by atoms with Crippen LogP contribution in [0.2, 0.25) is 0 Å². The van der Waals surface area contributed by atoms with Gasteiger partial charge in [-0.3, -0.25) is 4.79 Å². The Hall–Kier alpha value is -2.36. The molecule has 0 spiro atoms. The van der Waals surface area contributed by atoms with Crippen molar-refractivity contribution in [1.82, 2.24) is 5.32 Å². The summed E-state index contributed by atoms with van der Waals surface area (Å²) in [5.41, 5.74) is 1.81. The van der Waals surface area contributed by atoms with Crippen LogP contribution in [0.5, 0.6) is 5.75 Å². The Labute approximate surface area is 130 Å². The van der Waals surface area contributed by atoms with E-state index in [2.05, 4.69) is 12.2 Å². The summed E-state index contributed by atoms with van der Waals surface area (Å²) in [5, 5.41) is 2.88. The summed E-state index contributed by atoms with van der Waals surface area (Å²) in [7, 11) is 1.41. The molecule has 0 bridgehead atoms. The monoisotopic (exact) mass is 301 g/mol. The lowest BCUT2D eigenvalue weighted by Crippen LogP contribution is -2.28. The first-order valence-electron chi connectivity index (χ1n) is 7.24. The summed E-state index contributed by atoms with van der Waals surface area (Å²) in [6, 6.07) is 14.6.